The molecular weight excluding hydrogens is 390 g/mol. The molecule has 0 bridgehead atoms. The number of anilines is 2. The zero-order valence-electron chi connectivity index (χ0n) is 18.2. The normalized spacial score (nSPS) is 13.5. The highest BCUT2D eigenvalue weighted by molar-refractivity contribution is 6.00. The summed E-state index contributed by atoms with van der Waals surface area (Å²) in [5.74, 6) is -0.904. The van der Waals surface area contributed by atoms with Crippen LogP contribution in [0.25, 0.3) is 10.9 Å². The molecule has 0 saturated carbocycles. The molecule has 1 aliphatic heterocycles. The number of aryl methyl sites for hydroxylation is 3. The first-order valence-electron chi connectivity index (χ1n) is 10.6. The lowest BCUT2D eigenvalue weighted by atomic mass is 10.0. The fraction of sp³-hybridized carbons (Fsp3) is 0.320. The van der Waals surface area contributed by atoms with Crippen molar-refractivity contribution in [3.05, 3.63) is 64.8 Å². The molecule has 0 unspecified atom stereocenters. The van der Waals surface area contributed by atoms with Crippen LogP contribution in [-0.2, 0) is 9.53 Å². The van der Waals surface area contributed by atoms with Gasteiger partial charge in [-0.25, -0.2) is 4.79 Å². The number of aromatic nitrogens is 1. The summed E-state index contributed by atoms with van der Waals surface area (Å²) in [5, 5.41) is 3.74. The number of rotatable bonds is 5. The van der Waals surface area contributed by atoms with Crippen LogP contribution >= 0.6 is 0 Å². The van der Waals surface area contributed by atoms with Crippen molar-refractivity contribution in [3.8, 4) is 0 Å². The van der Waals surface area contributed by atoms with Crippen molar-refractivity contribution in [1.29, 1.82) is 0 Å². The van der Waals surface area contributed by atoms with Gasteiger partial charge in [-0.05, 0) is 69.0 Å². The van der Waals surface area contributed by atoms with Gasteiger partial charge in [0.1, 0.15) is 0 Å². The van der Waals surface area contributed by atoms with E-state index in [9.17, 15) is 9.59 Å². The van der Waals surface area contributed by atoms with Crippen LogP contribution in [0.2, 0.25) is 0 Å². The second-order valence-corrected chi connectivity index (χ2v) is 8.03. The third kappa shape index (κ3) is 4.38. The number of carbonyl (C=O) groups excluding carboxylic acids is 2. The van der Waals surface area contributed by atoms with Crippen molar-refractivity contribution in [2.45, 2.75) is 33.6 Å². The van der Waals surface area contributed by atoms with Crippen LogP contribution in [0.15, 0.2) is 42.5 Å². The summed E-state index contributed by atoms with van der Waals surface area (Å²) < 4.78 is 5.32. The van der Waals surface area contributed by atoms with Crippen LogP contribution in [0, 0.1) is 20.8 Å². The molecule has 1 N–H and O–H groups in total. The number of nitrogens with zero attached hydrogens (tertiary/aromatic N) is 2. The fourth-order valence-corrected chi connectivity index (χ4v) is 4.18. The van der Waals surface area contributed by atoms with Gasteiger partial charge in [0.15, 0.2) is 6.61 Å². The van der Waals surface area contributed by atoms with E-state index in [1.54, 1.807) is 6.92 Å². The van der Waals surface area contributed by atoms with E-state index in [1.165, 1.54) is 18.5 Å². The van der Waals surface area contributed by atoms with Crippen molar-refractivity contribution in [2.24, 2.45) is 0 Å². The molecule has 1 saturated heterocycles. The molecule has 1 amide bonds. The monoisotopic (exact) mass is 417 g/mol. The van der Waals surface area contributed by atoms with Gasteiger partial charge in [0, 0.05) is 29.9 Å². The van der Waals surface area contributed by atoms with Crippen LogP contribution in [0.1, 0.15) is 40.0 Å². The SMILES string of the molecule is Cc1cc(N2CCCC2)ccc1NC(=O)COC(=O)c1c(C)nc2ccccc2c1C. The van der Waals surface area contributed by atoms with E-state index in [-0.39, 0.29) is 12.5 Å². The van der Waals surface area contributed by atoms with Crippen molar-refractivity contribution in [1.82, 2.24) is 4.98 Å². The number of fused-ring (bicyclic) bond motifs is 1. The maximum atomic E-state index is 12.7. The Kier molecular flexibility index (Phi) is 5.89. The van der Waals surface area contributed by atoms with E-state index in [4.69, 9.17) is 4.74 Å². The molecule has 6 nitrogen and oxygen atoms in total. The molecule has 1 aromatic heterocycles. The molecule has 160 valence electrons. The topological polar surface area (TPSA) is 71.5 Å². The van der Waals surface area contributed by atoms with Gasteiger partial charge >= 0.3 is 5.97 Å². The number of esters is 1. The summed E-state index contributed by atoms with van der Waals surface area (Å²) in [7, 11) is 0. The Morgan fingerprint density at radius 2 is 1.81 bits per heavy atom. The standard InChI is InChI=1S/C25H27N3O3/c1-16-14-19(28-12-6-7-13-28)10-11-21(16)27-23(29)15-31-25(30)24-17(2)20-8-4-5-9-22(20)26-18(24)3/h4-5,8-11,14H,6-7,12-13,15H2,1-3H3,(H,27,29). The maximum absolute atomic E-state index is 12.7. The van der Waals surface area contributed by atoms with Gasteiger partial charge in [-0.1, -0.05) is 18.2 Å². The van der Waals surface area contributed by atoms with E-state index >= 15 is 0 Å². The first-order chi connectivity index (χ1) is 14.9. The quantitative estimate of drug-likeness (QED) is 0.617. The first-order valence-corrected chi connectivity index (χ1v) is 10.6. The molecule has 1 aliphatic rings. The van der Waals surface area contributed by atoms with Crippen LogP contribution in [-0.4, -0.2) is 36.6 Å². The minimum Gasteiger partial charge on any atom is -0.452 e. The zero-order valence-corrected chi connectivity index (χ0v) is 18.2. The van der Waals surface area contributed by atoms with Crippen LogP contribution in [0.5, 0.6) is 0 Å². The highest BCUT2D eigenvalue weighted by Gasteiger charge is 2.19. The van der Waals surface area contributed by atoms with E-state index in [0.29, 0.717) is 11.3 Å². The number of nitrogens with one attached hydrogen (secondary N) is 1. The summed E-state index contributed by atoms with van der Waals surface area (Å²) in [6, 6.07) is 13.7. The third-order valence-corrected chi connectivity index (χ3v) is 5.83. The predicted molar refractivity (Wildman–Crippen MR) is 123 cm³/mol. The number of pyridine rings is 1. The van der Waals surface area contributed by atoms with Gasteiger partial charge in [-0.3, -0.25) is 9.78 Å². The van der Waals surface area contributed by atoms with Crippen molar-refractivity contribution >= 4 is 34.2 Å². The smallest absolute Gasteiger partial charge is 0.340 e. The fourth-order valence-electron chi connectivity index (χ4n) is 4.18. The second-order valence-electron chi connectivity index (χ2n) is 8.03. The predicted octanol–water partition coefficient (Wildman–Crippen LogP) is 4.56. The molecule has 4 rings (SSSR count). The average molecular weight is 418 g/mol. The molecule has 2 aromatic carbocycles. The Balaban J connectivity index is 1.41. The highest BCUT2D eigenvalue weighted by atomic mass is 16.5. The minimum atomic E-state index is -0.537. The van der Waals surface area contributed by atoms with Crippen LogP contribution < -0.4 is 10.2 Å². The first kappa shape index (κ1) is 20.8. The van der Waals surface area contributed by atoms with Gasteiger partial charge in [-0.2, -0.15) is 0 Å². The summed E-state index contributed by atoms with van der Waals surface area (Å²) in [4.78, 5) is 32.0. The molecule has 3 aromatic rings. The van der Waals surface area contributed by atoms with Gasteiger partial charge in [0.2, 0.25) is 0 Å². The average Bonchev–Trinajstić information content (AvgIpc) is 3.29. The molecule has 0 radical (unpaired) electrons. The largest absolute Gasteiger partial charge is 0.452 e. The molecule has 1 fully saturated rings. The van der Waals surface area contributed by atoms with Gasteiger partial charge in [0.25, 0.3) is 5.91 Å². The van der Waals surface area contributed by atoms with E-state index in [0.717, 1.165) is 40.8 Å². The number of amides is 1. The number of hydrogen-bond acceptors (Lipinski definition) is 5. The Morgan fingerprint density at radius 1 is 1.06 bits per heavy atom. The Morgan fingerprint density at radius 3 is 2.55 bits per heavy atom. The zero-order chi connectivity index (χ0) is 22.0. The Labute approximate surface area is 182 Å². The van der Waals surface area contributed by atoms with E-state index in [1.807, 2.05) is 50.2 Å². The van der Waals surface area contributed by atoms with Gasteiger partial charge in [0.05, 0.1) is 16.8 Å². The van der Waals surface area contributed by atoms with Crippen molar-refractivity contribution in [2.75, 3.05) is 29.9 Å². The number of hydrogen-bond donors (Lipinski definition) is 1. The maximum Gasteiger partial charge on any atom is 0.340 e. The highest BCUT2D eigenvalue weighted by Crippen LogP contribution is 2.26. The van der Waals surface area contributed by atoms with Gasteiger partial charge in [-0.15, -0.1) is 0 Å². The van der Waals surface area contributed by atoms with Crippen molar-refractivity contribution in [3.63, 3.8) is 0 Å². The summed E-state index contributed by atoms with van der Waals surface area (Å²) >= 11 is 0. The molecule has 6 heteroatoms. The summed E-state index contributed by atoms with van der Waals surface area (Å²) in [5.41, 5.74) is 5.53. The molecule has 0 atom stereocenters. The number of benzene rings is 2. The van der Waals surface area contributed by atoms with Gasteiger partial charge < -0.3 is 15.0 Å². The molecule has 0 spiro atoms. The molecule has 31 heavy (non-hydrogen) atoms. The lowest BCUT2D eigenvalue weighted by molar-refractivity contribution is -0.119. The minimum absolute atomic E-state index is 0.349. The number of ether oxygens (including phenoxy) is 1. The van der Waals surface area contributed by atoms with E-state index in [2.05, 4.69) is 21.3 Å². The second kappa shape index (κ2) is 8.76. The number of carbonyl (C=O) groups is 2. The number of para-hydroxylation sites is 1. The van der Waals surface area contributed by atoms with E-state index < -0.39 is 5.97 Å². The lowest BCUT2D eigenvalue weighted by Gasteiger charge is -2.19. The molecular formula is C25H27N3O3. The van der Waals surface area contributed by atoms with Crippen LogP contribution in [0.4, 0.5) is 11.4 Å². The lowest BCUT2D eigenvalue weighted by Crippen LogP contribution is -2.22. The third-order valence-electron chi connectivity index (χ3n) is 5.83. The van der Waals surface area contributed by atoms with Crippen molar-refractivity contribution < 1.29 is 14.3 Å². The molecule has 2 heterocycles. The molecule has 0 aliphatic carbocycles. The Bertz CT molecular complexity index is 1150. The summed E-state index contributed by atoms with van der Waals surface area (Å²) in [6.45, 7) is 7.42. The Hall–Kier alpha value is -3.41. The van der Waals surface area contributed by atoms with Crippen LogP contribution in [0.3, 0.4) is 0 Å². The summed E-state index contributed by atoms with van der Waals surface area (Å²) in [6.07, 6.45) is 2.43.